The molecule has 1 saturated heterocycles. The van der Waals surface area contributed by atoms with E-state index >= 15 is 4.39 Å². The predicted octanol–water partition coefficient (Wildman–Crippen LogP) is 1.49. The van der Waals surface area contributed by atoms with E-state index in [-0.39, 0.29) is 22.1 Å². The van der Waals surface area contributed by atoms with Crippen molar-refractivity contribution in [2.75, 3.05) is 6.56 Å². The van der Waals surface area contributed by atoms with Gasteiger partial charge < -0.3 is 14.4 Å². The van der Waals surface area contributed by atoms with Gasteiger partial charge in [0.15, 0.2) is 6.20 Å². The van der Waals surface area contributed by atoms with Crippen LogP contribution in [-0.2, 0) is 25.0 Å². The number of phosphoric ester groups is 1. The lowest BCUT2D eigenvalue weighted by molar-refractivity contribution is -0.179. The number of hydrogen-bond donors (Lipinski definition) is 2. The topological polar surface area (TPSA) is 129 Å². The number of aromatic amines is 1. The van der Waals surface area contributed by atoms with Crippen LogP contribution in [0.15, 0.2) is 34.0 Å². The van der Waals surface area contributed by atoms with Crippen LogP contribution >= 0.6 is 7.82 Å². The smallest absolute Gasteiger partial charge is 0.404 e. The SMILES string of the molecule is [2H]C([2H])(OP1(=O)OCc2cc(F)ccc2O1)[C@]1(F)C[C@@H](O)[C@]([2H])(n2cc(F)c(=O)[nH]c2=O)O1. The molecule has 2 aromatic rings. The predicted molar refractivity (Wildman–Crippen MR) is 91.2 cm³/mol. The maximum Gasteiger partial charge on any atom is 0.530 e. The van der Waals surface area contributed by atoms with Gasteiger partial charge >= 0.3 is 13.5 Å². The van der Waals surface area contributed by atoms with Crippen LogP contribution in [0.2, 0.25) is 0 Å². The van der Waals surface area contributed by atoms with Crippen LogP contribution in [0, 0.1) is 11.6 Å². The summed E-state index contributed by atoms with van der Waals surface area (Å²) < 4.78 is 98.3. The number of hydrogen-bond acceptors (Lipinski definition) is 8. The molecule has 30 heavy (non-hydrogen) atoms. The maximum absolute atomic E-state index is 15.5. The number of aliphatic hydroxyl groups is 1. The molecule has 4 rings (SSSR count). The molecule has 0 saturated carbocycles. The highest BCUT2D eigenvalue weighted by Gasteiger charge is 2.50. The van der Waals surface area contributed by atoms with E-state index in [2.05, 4.69) is 9.26 Å². The molecule has 0 amide bonds. The molecule has 14 heteroatoms. The number of nitrogens with zero attached hydrogens (tertiary/aromatic N) is 1. The molecular formula is C16H14F3N2O8P. The van der Waals surface area contributed by atoms with Crippen molar-refractivity contribution in [2.24, 2.45) is 0 Å². The van der Waals surface area contributed by atoms with Crippen molar-refractivity contribution in [3.63, 3.8) is 0 Å². The zero-order valence-corrected chi connectivity index (χ0v) is 15.5. The number of fused-ring (bicyclic) bond motifs is 1. The van der Waals surface area contributed by atoms with E-state index < -0.39 is 68.5 Å². The first-order chi connectivity index (χ1) is 15.2. The number of aliphatic hydroxyl groups excluding tert-OH is 1. The molecule has 2 N–H and O–H groups in total. The molecule has 0 bridgehead atoms. The molecule has 0 radical (unpaired) electrons. The summed E-state index contributed by atoms with van der Waals surface area (Å²) in [6.45, 7) is -4.27. The number of aromatic nitrogens is 2. The number of H-pyrrole nitrogens is 1. The molecule has 1 fully saturated rings. The molecular weight excluding hydrogens is 436 g/mol. The summed E-state index contributed by atoms with van der Waals surface area (Å²) in [5.41, 5.74) is -2.81. The fourth-order valence-corrected chi connectivity index (χ4v) is 3.82. The second kappa shape index (κ2) is 7.36. The quantitative estimate of drug-likeness (QED) is 0.667. The van der Waals surface area contributed by atoms with Gasteiger partial charge in [-0.15, -0.1) is 0 Å². The summed E-state index contributed by atoms with van der Waals surface area (Å²) in [4.78, 5) is 24.7. The lowest BCUT2D eigenvalue weighted by Gasteiger charge is -2.27. The Kier molecular flexibility index (Phi) is 4.23. The number of phosphoric acid groups is 1. The van der Waals surface area contributed by atoms with E-state index in [0.717, 1.165) is 18.2 Å². The highest BCUT2D eigenvalue weighted by Crippen LogP contribution is 2.55. The highest BCUT2D eigenvalue weighted by atomic mass is 31.2. The third kappa shape index (κ3) is 3.94. The Morgan fingerprint density at radius 2 is 2.23 bits per heavy atom. The largest absolute Gasteiger partial charge is 0.530 e. The average molecular weight is 453 g/mol. The number of nitrogens with one attached hydrogen (secondary N) is 1. The summed E-state index contributed by atoms with van der Waals surface area (Å²) in [6.07, 6.45) is -6.62. The Morgan fingerprint density at radius 1 is 1.47 bits per heavy atom. The van der Waals surface area contributed by atoms with Crippen molar-refractivity contribution < 1.29 is 45.3 Å². The fraction of sp³-hybridized carbons (Fsp3) is 0.375. The van der Waals surface area contributed by atoms with Crippen LogP contribution in [0.5, 0.6) is 5.75 Å². The highest BCUT2D eigenvalue weighted by molar-refractivity contribution is 7.49. The number of ether oxygens (including phenoxy) is 1. The Hall–Kier alpha value is -2.44. The first-order valence-electron chi connectivity index (χ1n) is 9.71. The maximum atomic E-state index is 15.5. The Morgan fingerprint density at radius 3 is 3.00 bits per heavy atom. The van der Waals surface area contributed by atoms with Crippen LogP contribution in [0.4, 0.5) is 13.2 Å². The fourth-order valence-electron chi connectivity index (χ4n) is 2.71. The van der Waals surface area contributed by atoms with E-state index in [4.69, 9.17) is 13.2 Å². The van der Waals surface area contributed by atoms with E-state index in [1.165, 1.54) is 4.98 Å². The van der Waals surface area contributed by atoms with Crippen LogP contribution in [0.25, 0.3) is 0 Å². The molecule has 162 valence electrons. The van der Waals surface area contributed by atoms with Crippen LogP contribution in [0.3, 0.4) is 0 Å². The summed E-state index contributed by atoms with van der Waals surface area (Å²) >= 11 is 0. The standard InChI is InChI=1S/C16H14F3N2O8P/c17-9-1-2-12-8(3-9)6-26-30(25,29-12)27-7-16(19)4-11(22)14(28-16)21-5-10(18)13(23)20-15(21)24/h1-3,5,11,14,22H,4,6-7H2,(H,20,23,24)/t11-,14-,16+,30?/m1/s1/i7D2,14D. The molecule has 10 nitrogen and oxygen atoms in total. The van der Waals surface area contributed by atoms with E-state index in [9.17, 15) is 28.0 Å². The summed E-state index contributed by atoms with van der Waals surface area (Å²) in [7, 11) is -4.87. The number of alkyl halides is 1. The van der Waals surface area contributed by atoms with Gasteiger partial charge in [-0.3, -0.25) is 23.4 Å². The minimum absolute atomic E-state index is 0.00627. The Labute approximate surface area is 169 Å². The molecule has 3 heterocycles. The lowest BCUT2D eigenvalue weighted by Crippen LogP contribution is -2.37. The van der Waals surface area contributed by atoms with Crippen molar-refractivity contribution >= 4 is 7.82 Å². The van der Waals surface area contributed by atoms with Crippen LogP contribution in [-0.4, -0.2) is 33.2 Å². The summed E-state index contributed by atoms with van der Waals surface area (Å²) in [6, 6.07) is 3.01. The van der Waals surface area contributed by atoms with Gasteiger partial charge in [0.05, 0.1) is 16.9 Å². The first kappa shape index (κ1) is 17.3. The monoisotopic (exact) mass is 453 g/mol. The zero-order chi connectivity index (χ0) is 24.4. The van der Waals surface area contributed by atoms with Gasteiger partial charge in [0.25, 0.3) is 5.56 Å². The van der Waals surface area contributed by atoms with E-state index in [1.807, 2.05) is 0 Å². The molecule has 1 aromatic carbocycles. The summed E-state index contributed by atoms with van der Waals surface area (Å²) in [5.74, 6) is -6.16. The van der Waals surface area contributed by atoms with Crippen LogP contribution in [0.1, 0.15) is 22.3 Å². The van der Waals surface area contributed by atoms with Crippen molar-refractivity contribution in [2.45, 2.75) is 31.2 Å². The van der Waals surface area contributed by atoms with Gasteiger partial charge in [0.1, 0.15) is 24.2 Å². The molecule has 0 aliphatic carbocycles. The van der Waals surface area contributed by atoms with Gasteiger partial charge in [-0.2, -0.15) is 4.39 Å². The first-order valence-corrected chi connectivity index (χ1v) is 9.67. The van der Waals surface area contributed by atoms with Gasteiger partial charge in [-0.05, 0) is 18.2 Å². The Bertz CT molecular complexity index is 1290. The molecule has 4 atom stereocenters. The van der Waals surface area contributed by atoms with Crippen molar-refractivity contribution in [1.82, 2.24) is 9.55 Å². The van der Waals surface area contributed by atoms with Crippen LogP contribution < -0.4 is 15.8 Å². The molecule has 1 aromatic heterocycles. The third-order valence-corrected chi connectivity index (χ3v) is 5.24. The minimum Gasteiger partial charge on any atom is -0.404 e. The molecule has 2 aliphatic heterocycles. The zero-order valence-electron chi connectivity index (χ0n) is 17.6. The summed E-state index contributed by atoms with van der Waals surface area (Å²) in [5, 5.41) is 10.2. The third-order valence-electron chi connectivity index (χ3n) is 4.06. The minimum atomic E-state index is -4.87. The molecule has 0 spiro atoms. The second-order valence-electron chi connectivity index (χ2n) is 6.25. The molecule has 1 unspecified atom stereocenters. The van der Waals surface area contributed by atoms with Gasteiger partial charge in [0, 0.05) is 12.0 Å². The van der Waals surface area contributed by atoms with E-state index in [1.54, 1.807) is 0 Å². The Balaban J connectivity index is 1.63. The number of halogens is 3. The van der Waals surface area contributed by atoms with Crippen molar-refractivity contribution in [3.8, 4) is 5.75 Å². The average Bonchev–Trinajstić information content (AvgIpc) is 2.95. The number of rotatable bonds is 4. The van der Waals surface area contributed by atoms with Gasteiger partial charge in [0.2, 0.25) is 11.7 Å². The lowest BCUT2D eigenvalue weighted by atomic mass is 10.2. The second-order valence-corrected chi connectivity index (χ2v) is 7.77. The van der Waals surface area contributed by atoms with Gasteiger partial charge in [-0.25, -0.2) is 18.1 Å². The van der Waals surface area contributed by atoms with E-state index in [0.29, 0.717) is 0 Å². The number of benzene rings is 1. The van der Waals surface area contributed by atoms with Crippen molar-refractivity contribution in [1.29, 1.82) is 0 Å². The normalized spacial score (nSPS) is 35.1. The van der Waals surface area contributed by atoms with Gasteiger partial charge in [-0.1, -0.05) is 0 Å². The molecule has 2 aliphatic rings. The van der Waals surface area contributed by atoms with Crippen molar-refractivity contribution in [3.05, 3.63) is 62.4 Å².